The predicted molar refractivity (Wildman–Crippen MR) is 128 cm³/mol. The van der Waals surface area contributed by atoms with E-state index in [1.165, 1.54) is 12.1 Å². The van der Waals surface area contributed by atoms with Crippen molar-refractivity contribution in [2.75, 3.05) is 62.3 Å². The van der Waals surface area contributed by atoms with Crippen LogP contribution in [0.2, 0.25) is 0 Å². The topological polar surface area (TPSA) is 70.2 Å². The summed E-state index contributed by atoms with van der Waals surface area (Å²) in [6.45, 7) is 7.01. The van der Waals surface area contributed by atoms with Gasteiger partial charge in [-0.3, -0.25) is 0 Å². The van der Waals surface area contributed by atoms with Crippen molar-refractivity contribution in [1.82, 2.24) is 9.88 Å². The number of morpholine rings is 1. The molecular formula is C21H28FIN6O. The van der Waals surface area contributed by atoms with Gasteiger partial charge in [0.2, 0.25) is 0 Å². The van der Waals surface area contributed by atoms with E-state index < -0.39 is 0 Å². The summed E-state index contributed by atoms with van der Waals surface area (Å²) in [5.41, 5.74) is 8.28. The average Bonchev–Trinajstić information content (AvgIpc) is 2.79. The minimum Gasteiger partial charge on any atom is -0.378 e. The number of halogens is 2. The van der Waals surface area contributed by atoms with E-state index >= 15 is 0 Å². The lowest BCUT2D eigenvalue weighted by atomic mass is 10.2. The molecule has 2 N–H and O–H groups in total. The second-order valence-corrected chi connectivity index (χ2v) is 7.25. The summed E-state index contributed by atoms with van der Waals surface area (Å²) in [5, 5.41) is 0. The third kappa shape index (κ3) is 5.72. The number of nitrogens with two attached hydrogens (primary N) is 1. The Kier molecular flexibility index (Phi) is 8.08. The summed E-state index contributed by atoms with van der Waals surface area (Å²) >= 11 is 0. The Hall–Kier alpha value is -2.14. The van der Waals surface area contributed by atoms with E-state index in [0.717, 1.165) is 69.6 Å². The molecule has 1 aromatic heterocycles. The Bertz CT molecular complexity index is 818. The molecule has 0 unspecified atom stereocenters. The van der Waals surface area contributed by atoms with Gasteiger partial charge in [0.05, 0.1) is 19.8 Å². The number of ether oxygens (including phenoxy) is 1. The molecule has 0 saturated carbocycles. The molecule has 2 saturated heterocycles. The summed E-state index contributed by atoms with van der Waals surface area (Å²) in [4.78, 5) is 15.7. The molecule has 0 aliphatic carbocycles. The molecular weight excluding hydrogens is 498 g/mol. The van der Waals surface area contributed by atoms with Crippen LogP contribution in [0.25, 0.3) is 0 Å². The van der Waals surface area contributed by atoms with Crippen molar-refractivity contribution in [1.29, 1.82) is 0 Å². The molecule has 3 heterocycles. The van der Waals surface area contributed by atoms with Gasteiger partial charge in [0.1, 0.15) is 11.6 Å². The molecule has 0 radical (unpaired) electrons. The maximum Gasteiger partial charge on any atom is 0.191 e. The van der Waals surface area contributed by atoms with Gasteiger partial charge in [-0.25, -0.2) is 14.4 Å². The number of guanidine groups is 1. The molecule has 2 aliphatic heterocycles. The van der Waals surface area contributed by atoms with Gasteiger partial charge in [-0.2, -0.15) is 0 Å². The SMILES string of the molecule is I.NC(=NCc1ccc(N2CCOCC2)nc1)N1CCN(c2ccc(F)cc2)CC1. The summed E-state index contributed by atoms with van der Waals surface area (Å²) in [7, 11) is 0. The van der Waals surface area contributed by atoms with Gasteiger partial charge in [-0.1, -0.05) is 6.07 Å². The number of pyridine rings is 1. The van der Waals surface area contributed by atoms with Crippen LogP contribution in [0.15, 0.2) is 47.6 Å². The molecule has 7 nitrogen and oxygen atoms in total. The molecule has 162 valence electrons. The third-order valence-electron chi connectivity index (χ3n) is 5.36. The van der Waals surface area contributed by atoms with Crippen molar-refractivity contribution in [2.24, 2.45) is 10.7 Å². The highest BCUT2D eigenvalue weighted by Crippen LogP contribution is 2.17. The van der Waals surface area contributed by atoms with Crippen molar-refractivity contribution in [3.63, 3.8) is 0 Å². The number of anilines is 2. The van der Waals surface area contributed by atoms with Gasteiger partial charge in [-0.05, 0) is 35.9 Å². The zero-order valence-corrected chi connectivity index (χ0v) is 19.2. The van der Waals surface area contributed by atoms with Gasteiger partial charge in [-0.15, -0.1) is 24.0 Å². The number of piperazine rings is 1. The Morgan fingerprint density at radius 1 is 0.967 bits per heavy atom. The van der Waals surface area contributed by atoms with Crippen LogP contribution in [0.5, 0.6) is 0 Å². The largest absolute Gasteiger partial charge is 0.378 e. The molecule has 0 amide bonds. The number of benzene rings is 1. The fourth-order valence-corrected chi connectivity index (χ4v) is 3.61. The summed E-state index contributed by atoms with van der Waals surface area (Å²) < 4.78 is 18.5. The molecule has 4 rings (SSSR count). The van der Waals surface area contributed by atoms with Crippen LogP contribution in [0.4, 0.5) is 15.9 Å². The van der Waals surface area contributed by atoms with Crippen LogP contribution in [0, 0.1) is 5.82 Å². The lowest BCUT2D eigenvalue weighted by Crippen LogP contribution is -2.51. The normalized spacial score (nSPS) is 17.6. The Morgan fingerprint density at radius 2 is 1.67 bits per heavy atom. The first-order valence-electron chi connectivity index (χ1n) is 10.0. The van der Waals surface area contributed by atoms with E-state index in [4.69, 9.17) is 10.5 Å². The van der Waals surface area contributed by atoms with E-state index in [2.05, 4.69) is 30.7 Å². The number of nitrogens with zero attached hydrogens (tertiary/aromatic N) is 5. The molecule has 9 heteroatoms. The number of hydrogen-bond acceptors (Lipinski definition) is 5. The van der Waals surface area contributed by atoms with Crippen molar-refractivity contribution < 1.29 is 9.13 Å². The minimum atomic E-state index is -0.212. The summed E-state index contributed by atoms with van der Waals surface area (Å²) in [5.74, 6) is 1.32. The van der Waals surface area contributed by atoms with Gasteiger partial charge in [0.25, 0.3) is 0 Å². The number of rotatable bonds is 4. The van der Waals surface area contributed by atoms with Crippen LogP contribution in [0.1, 0.15) is 5.56 Å². The van der Waals surface area contributed by atoms with Crippen LogP contribution < -0.4 is 15.5 Å². The molecule has 2 aromatic rings. The molecule has 1 aromatic carbocycles. The van der Waals surface area contributed by atoms with Gasteiger partial charge in [0.15, 0.2) is 5.96 Å². The summed E-state index contributed by atoms with van der Waals surface area (Å²) in [6, 6.07) is 10.7. The Balaban J connectivity index is 0.00000256. The molecule has 0 spiro atoms. The molecule has 2 fully saturated rings. The van der Waals surface area contributed by atoms with Crippen LogP contribution >= 0.6 is 24.0 Å². The van der Waals surface area contributed by atoms with E-state index in [1.54, 1.807) is 0 Å². The Labute approximate surface area is 193 Å². The highest BCUT2D eigenvalue weighted by Gasteiger charge is 2.18. The quantitative estimate of drug-likeness (QED) is 0.375. The average molecular weight is 526 g/mol. The van der Waals surface area contributed by atoms with Gasteiger partial charge >= 0.3 is 0 Å². The minimum absolute atomic E-state index is 0. The summed E-state index contributed by atoms with van der Waals surface area (Å²) in [6.07, 6.45) is 1.87. The molecule has 30 heavy (non-hydrogen) atoms. The second-order valence-electron chi connectivity index (χ2n) is 7.25. The van der Waals surface area contributed by atoms with Crippen LogP contribution in [-0.4, -0.2) is 68.3 Å². The van der Waals surface area contributed by atoms with E-state index in [9.17, 15) is 4.39 Å². The number of aromatic nitrogens is 1. The van der Waals surface area contributed by atoms with Crippen LogP contribution in [0.3, 0.4) is 0 Å². The predicted octanol–water partition coefficient (Wildman–Crippen LogP) is 2.31. The smallest absolute Gasteiger partial charge is 0.191 e. The highest BCUT2D eigenvalue weighted by molar-refractivity contribution is 14.0. The second kappa shape index (κ2) is 10.8. The van der Waals surface area contributed by atoms with Crippen molar-refractivity contribution in [3.05, 3.63) is 54.0 Å². The van der Waals surface area contributed by atoms with Gasteiger partial charge < -0.3 is 25.2 Å². The molecule has 0 bridgehead atoms. The highest BCUT2D eigenvalue weighted by atomic mass is 127. The van der Waals surface area contributed by atoms with E-state index in [-0.39, 0.29) is 29.8 Å². The first-order chi connectivity index (χ1) is 14.2. The third-order valence-corrected chi connectivity index (χ3v) is 5.36. The van der Waals surface area contributed by atoms with Crippen LogP contribution in [-0.2, 0) is 11.3 Å². The van der Waals surface area contributed by atoms with Crippen molar-refractivity contribution in [2.45, 2.75) is 6.54 Å². The van der Waals surface area contributed by atoms with Crippen molar-refractivity contribution in [3.8, 4) is 0 Å². The van der Waals surface area contributed by atoms with Crippen molar-refractivity contribution >= 4 is 41.4 Å². The first kappa shape index (κ1) is 22.5. The van der Waals surface area contributed by atoms with Gasteiger partial charge in [0, 0.05) is 51.2 Å². The maximum atomic E-state index is 13.1. The zero-order chi connectivity index (χ0) is 20.1. The maximum absolute atomic E-state index is 13.1. The van der Waals surface area contributed by atoms with E-state index in [0.29, 0.717) is 12.5 Å². The lowest BCUT2D eigenvalue weighted by Gasteiger charge is -2.36. The molecule has 2 aliphatic rings. The molecule has 0 atom stereocenters. The number of hydrogen-bond donors (Lipinski definition) is 1. The van der Waals surface area contributed by atoms with E-state index in [1.807, 2.05) is 24.4 Å². The monoisotopic (exact) mass is 526 g/mol. The fraction of sp³-hybridized carbons (Fsp3) is 0.429. The number of aliphatic imine (C=N–C) groups is 1. The zero-order valence-electron chi connectivity index (χ0n) is 16.9. The lowest BCUT2D eigenvalue weighted by molar-refractivity contribution is 0.122. The fourth-order valence-electron chi connectivity index (χ4n) is 3.61. The standard InChI is InChI=1S/C21H27FN6O.HI/c22-18-2-4-19(5-3-18)26-7-9-28(10-8-26)21(23)25-16-17-1-6-20(24-15-17)27-11-13-29-14-12-27;/h1-6,15H,7-14,16H2,(H2,23,25);1H. The first-order valence-corrected chi connectivity index (χ1v) is 10.0. The Morgan fingerprint density at radius 3 is 2.30 bits per heavy atom.